The molecule has 1 heterocycles. The van der Waals surface area contributed by atoms with E-state index in [2.05, 4.69) is 15.4 Å². The van der Waals surface area contributed by atoms with E-state index in [9.17, 15) is 31.2 Å². The van der Waals surface area contributed by atoms with Gasteiger partial charge in [-0.1, -0.05) is 0 Å². The third kappa shape index (κ3) is 5.73. The van der Waals surface area contributed by atoms with Crippen LogP contribution in [0.4, 0.5) is 24.5 Å². The number of halogens is 3. The molecule has 3 rings (SSSR count). The molecule has 0 aliphatic carbocycles. The van der Waals surface area contributed by atoms with Crippen molar-refractivity contribution >= 4 is 33.2 Å². The summed E-state index contributed by atoms with van der Waals surface area (Å²) >= 11 is 0. The summed E-state index contributed by atoms with van der Waals surface area (Å²) in [7, 11) is -2.91. The number of carbonyl (C=O) groups is 2. The number of alkyl halides is 3. The molecule has 1 aliphatic rings. The van der Waals surface area contributed by atoms with Gasteiger partial charge in [-0.05, 0) is 49.7 Å². The molecule has 0 saturated carbocycles. The Labute approximate surface area is 187 Å². The lowest BCUT2D eigenvalue weighted by atomic mass is 10.1. The number of nitrogens with zero attached hydrogens (tertiary/aromatic N) is 1. The van der Waals surface area contributed by atoms with Crippen LogP contribution in [0.2, 0.25) is 0 Å². The molecule has 0 aromatic heterocycles. The molecule has 2 amide bonds. The number of amides is 2. The van der Waals surface area contributed by atoms with Gasteiger partial charge in [0.15, 0.2) is 6.10 Å². The quantitative estimate of drug-likeness (QED) is 0.648. The van der Waals surface area contributed by atoms with Crippen LogP contribution >= 0.6 is 0 Å². The van der Waals surface area contributed by atoms with Crippen LogP contribution in [0, 0.1) is 6.92 Å². The minimum atomic E-state index is -4.84. The van der Waals surface area contributed by atoms with Crippen LogP contribution in [0.5, 0.6) is 11.5 Å². The van der Waals surface area contributed by atoms with E-state index in [-0.39, 0.29) is 22.2 Å². The maximum Gasteiger partial charge on any atom is 0.573 e. The van der Waals surface area contributed by atoms with Gasteiger partial charge in [0.05, 0.1) is 17.1 Å². The standard InChI is InChI=1S/C20H20F3N3O6S/c1-11-8-15-16(31-12(2)19(28)25-15)9-17(11)33(29,30)26(3)10-18(27)24-13-4-6-14(7-5-13)32-20(21,22)23/h4-9,12H,10H2,1-3H3,(H,24,27)(H,25,28)/t12-/m1/s1. The predicted molar refractivity (Wildman–Crippen MR) is 111 cm³/mol. The molecular formula is C20H20F3N3O6S. The average Bonchev–Trinajstić information content (AvgIpc) is 2.69. The third-order valence-corrected chi connectivity index (χ3v) is 6.58. The van der Waals surface area contributed by atoms with Crippen LogP contribution in [0.3, 0.4) is 0 Å². The summed E-state index contributed by atoms with van der Waals surface area (Å²) in [6, 6.07) is 7.15. The molecule has 9 nitrogen and oxygen atoms in total. The average molecular weight is 487 g/mol. The van der Waals surface area contributed by atoms with Gasteiger partial charge >= 0.3 is 6.36 Å². The molecule has 13 heteroatoms. The first kappa shape index (κ1) is 24.3. The largest absolute Gasteiger partial charge is 0.573 e. The van der Waals surface area contributed by atoms with E-state index < -0.39 is 40.7 Å². The molecule has 33 heavy (non-hydrogen) atoms. The fourth-order valence-corrected chi connectivity index (χ4v) is 4.36. The number of sulfonamides is 1. The van der Waals surface area contributed by atoms with Gasteiger partial charge in [-0.3, -0.25) is 9.59 Å². The summed E-state index contributed by atoms with van der Waals surface area (Å²) in [5.74, 6) is -1.34. The normalized spacial score (nSPS) is 16.0. The lowest BCUT2D eigenvalue weighted by Crippen LogP contribution is -2.36. The van der Waals surface area contributed by atoms with Crippen LogP contribution in [0.25, 0.3) is 0 Å². The monoisotopic (exact) mass is 487 g/mol. The van der Waals surface area contributed by atoms with E-state index in [0.29, 0.717) is 11.3 Å². The predicted octanol–water partition coefficient (Wildman–Crippen LogP) is 2.87. The molecule has 0 fully saturated rings. The summed E-state index contributed by atoms with van der Waals surface area (Å²) in [6.07, 6.45) is -5.64. The number of hydrogen-bond donors (Lipinski definition) is 2. The Kier molecular flexibility index (Phi) is 6.56. The van der Waals surface area contributed by atoms with Crippen molar-refractivity contribution < 1.29 is 40.7 Å². The lowest BCUT2D eigenvalue weighted by molar-refractivity contribution is -0.274. The van der Waals surface area contributed by atoms with Gasteiger partial charge in [0.25, 0.3) is 5.91 Å². The Bertz CT molecular complexity index is 1180. The fourth-order valence-electron chi connectivity index (χ4n) is 3.02. The molecule has 0 saturated heterocycles. The minimum Gasteiger partial charge on any atom is -0.479 e. The number of fused-ring (bicyclic) bond motifs is 1. The number of likely N-dealkylation sites (N-methyl/N-ethyl adjacent to an activating group) is 1. The van der Waals surface area contributed by atoms with E-state index >= 15 is 0 Å². The van der Waals surface area contributed by atoms with Crippen LogP contribution in [0.1, 0.15) is 12.5 Å². The first-order valence-corrected chi connectivity index (χ1v) is 10.9. The van der Waals surface area contributed by atoms with E-state index in [4.69, 9.17) is 4.74 Å². The highest BCUT2D eigenvalue weighted by Crippen LogP contribution is 2.35. The molecular weight excluding hydrogens is 467 g/mol. The molecule has 178 valence electrons. The second-order valence-electron chi connectivity index (χ2n) is 7.24. The second-order valence-corrected chi connectivity index (χ2v) is 9.26. The number of hydrogen-bond acceptors (Lipinski definition) is 6. The number of anilines is 2. The molecule has 2 aromatic rings. The van der Waals surface area contributed by atoms with Crippen molar-refractivity contribution in [1.29, 1.82) is 0 Å². The van der Waals surface area contributed by atoms with Crippen LogP contribution in [0.15, 0.2) is 41.3 Å². The van der Waals surface area contributed by atoms with Gasteiger partial charge in [-0.15, -0.1) is 13.2 Å². The Balaban J connectivity index is 1.70. The van der Waals surface area contributed by atoms with Crippen molar-refractivity contribution in [2.24, 2.45) is 0 Å². The number of aryl methyl sites for hydroxylation is 1. The molecule has 1 aliphatic heterocycles. The Hall–Kier alpha value is -3.32. The smallest absolute Gasteiger partial charge is 0.479 e. The zero-order valence-corrected chi connectivity index (χ0v) is 18.5. The summed E-state index contributed by atoms with van der Waals surface area (Å²) in [4.78, 5) is 24.0. The Morgan fingerprint density at radius 2 is 1.88 bits per heavy atom. The molecule has 0 spiro atoms. The summed E-state index contributed by atoms with van der Waals surface area (Å²) in [5, 5.41) is 5.03. The first-order chi connectivity index (χ1) is 15.3. The number of rotatable bonds is 6. The van der Waals surface area contributed by atoms with Gasteiger partial charge in [0.1, 0.15) is 11.5 Å². The van der Waals surface area contributed by atoms with Crippen molar-refractivity contribution in [3.05, 3.63) is 42.0 Å². The van der Waals surface area contributed by atoms with E-state index in [0.717, 1.165) is 16.4 Å². The van der Waals surface area contributed by atoms with Gasteiger partial charge in [0.2, 0.25) is 15.9 Å². The highest BCUT2D eigenvalue weighted by Gasteiger charge is 2.31. The van der Waals surface area contributed by atoms with Crippen LogP contribution in [-0.2, 0) is 19.6 Å². The highest BCUT2D eigenvalue weighted by molar-refractivity contribution is 7.89. The second kappa shape index (κ2) is 8.90. The van der Waals surface area contributed by atoms with Crippen molar-refractivity contribution in [3.8, 4) is 11.5 Å². The third-order valence-electron chi connectivity index (χ3n) is 4.63. The van der Waals surface area contributed by atoms with Crippen molar-refractivity contribution in [3.63, 3.8) is 0 Å². The zero-order valence-electron chi connectivity index (χ0n) is 17.7. The highest BCUT2D eigenvalue weighted by atomic mass is 32.2. The lowest BCUT2D eigenvalue weighted by Gasteiger charge is -2.25. The van der Waals surface area contributed by atoms with Crippen LogP contribution < -0.4 is 20.1 Å². The maximum atomic E-state index is 13.0. The molecule has 0 radical (unpaired) electrons. The molecule has 2 aromatic carbocycles. The minimum absolute atomic E-state index is 0.103. The number of carbonyl (C=O) groups excluding carboxylic acids is 2. The number of benzene rings is 2. The Morgan fingerprint density at radius 3 is 2.48 bits per heavy atom. The number of ether oxygens (including phenoxy) is 2. The summed E-state index contributed by atoms with van der Waals surface area (Å²) in [5.41, 5.74) is 0.830. The first-order valence-electron chi connectivity index (χ1n) is 9.50. The van der Waals surface area contributed by atoms with Gasteiger partial charge < -0.3 is 20.1 Å². The SMILES string of the molecule is Cc1cc2c(cc1S(=O)(=O)N(C)CC(=O)Nc1ccc(OC(F)(F)F)cc1)O[C@H](C)C(=O)N2. The van der Waals surface area contributed by atoms with Crippen LogP contribution in [-0.4, -0.2) is 50.6 Å². The molecule has 2 N–H and O–H groups in total. The van der Waals surface area contributed by atoms with E-state index in [1.54, 1.807) is 0 Å². The topological polar surface area (TPSA) is 114 Å². The molecule has 1 atom stereocenters. The van der Waals surface area contributed by atoms with Crippen molar-refractivity contribution in [2.75, 3.05) is 24.2 Å². The van der Waals surface area contributed by atoms with Gasteiger partial charge in [-0.2, -0.15) is 4.31 Å². The molecule has 0 unspecified atom stereocenters. The Morgan fingerprint density at radius 1 is 1.24 bits per heavy atom. The summed E-state index contributed by atoms with van der Waals surface area (Å²) in [6.45, 7) is 2.49. The van der Waals surface area contributed by atoms with E-state index in [1.165, 1.54) is 45.2 Å². The van der Waals surface area contributed by atoms with Gasteiger partial charge in [0, 0.05) is 18.8 Å². The fraction of sp³-hybridized carbons (Fsp3) is 0.300. The van der Waals surface area contributed by atoms with E-state index in [1.807, 2.05) is 0 Å². The number of nitrogens with one attached hydrogen (secondary N) is 2. The summed E-state index contributed by atoms with van der Waals surface area (Å²) < 4.78 is 72.8. The molecule has 0 bridgehead atoms. The maximum absolute atomic E-state index is 13.0. The zero-order chi connectivity index (χ0) is 24.6. The van der Waals surface area contributed by atoms with Crippen molar-refractivity contribution in [2.45, 2.75) is 31.2 Å². The van der Waals surface area contributed by atoms with Gasteiger partial charge in [-0.25, -0.2) is 8.42 Å². The van der Waals surface area contributed by atoms with Crippen molar-refractivity contribution in [1.82, 2.24) is 4.31 Å².